The molecule has 0 aliphatic carbocycles. The van der Waals surface area contributed by atoms with Crippen LogP contribution in [0, 0.1) is 0 Å². The highest BCUT2D eigenvalue weighted by Gasteiger charge is 2.15. The van der Waals surface area contributed by atoms with Crippen LogP contribution in [-0.4, -0.2) is 46.1 Å². The van der Waals surface area contributed by atoms with Gasteiger partial charge in [0.25, 0.3) is 0 Å². The molecule has 0 radical (unpaired) electrons. The molecule has 18 heavy (non-hydrogen) atoms. The summed E-state index contributed by atoms with van der Waals surface area (Å²) in [5.41, 5.74) is 0.865. The lowest BCUT2D eigenvalue weighted by Crippen LogP contribution is -2.36. The van der Waals surface area contributed by atoms with Gasteiger partial charge in [-0.05, 0) is 18.4 Å². The van der Waals surface area contributed by atoms with E-state index in [2.05, 4.69) is 20.6 Å². The molecule has 1 rings (SSSR count). The Balaban J connectivity index is 2.47. The highest BCUT2D eigenvalue weighted by molar-refractivity contribution is 7.98. The molecule has 0 amide bonds. The van der Waals surface area contributed by atoms with Gasteiger partial charge in [0.2, 0.25) is 5.95 Å². The van der Waals surface area contributed by atoms with E-state index in [1.165, 1.54) is 0 Å². The zero-order valence-corrected chi connectivity index (χ0v) is 11.3. The van der Waals surface area contributed by atoms with Crippen molar-refractivity contribution in [2.45, 2.75) is 19.0 Å². The molecule has 1 heterocycles. The summed E-state index contributed by atoms with van der Waals surface area (Å²) in [4.78, 5) is 19.2. The molecule has 7 heteroatoms. The van der Waals surface area contributed by atoms with Gasteiger partial charge in [-0.2, -0.15) is 11.8 Å². The molecule has 0 fully saturated rings. The van der Waals surface area contributed by atoms with Crippen LogP contribution < -0.4 is 10.6 Å². The molecule has 100 valence electrons. The molecule has 0 saturated carbocycles. The average Bonchev–Trinajstić information content (AvgIpc) is 2.39. The number of nitrogens with zero attached hydrogens (tertiary/aromatic N) is 2. The van der Waals surface area contributed by atoms with E-state index in [9.17, 15) is 4.79 Å². The van der Waals surface area contributed by atoms with E-state index in [0.717, 1.165) is 11.3 Å². The SMILES string of the molecule is CNc1ncc(CN[C@H](CCSC)C(=O)O)cn1. The molecule has 1 aromatic heterocycles. The summed E-state index contributed by atoms with van der Waals surface area (Å²) in [5.74, 6) is 0.548. The fraction of sp³-hybridized carbons (Fsp3) is 0.545. The third-order valence-corrected chi connectivity index (χ3v) is 3.03. The Morgan fingerprint density at radius 3 is 2.67 bits per heavy atom. The van der Waals surface area contributed by atoms with E-state index < -0.39 is 12.0 Å². The van der Waals surface area contributed by atoms with Gasteiger partial charge in [-0.1, -0.05) is 0 Å². The second-order valence-electron chi connectivity index (χ2n) is 3.72. The second kappa shape index (κ2) is 7.88. The number of aromatic nitrogens is 2. The van der Waals surface area contributed by atoms with Crippen LogP contribution >= 0.6 is 11.8 Å². The van der Waals surface area contributed by atoms with Crippen LogP contribution in [0.25, 0.3) is 0 Å². The number of nitrogens with one attached hydrogen (secondary N) is 2. The molecule has 6 nitrogen and oxygen atoms in total. The van der Waals surface area contributed by atoms with Crippen molar-refractivity contribution in [1.82, 2.24) is 15.3 Å². The lowest BCUT2D eigenvalue weighted by Gasteiger charge is -2.13. The largest absolute Gasteiger partial charge is 0.480 e. The predicted octanol–water partition coefficient (Wildman–Crippen LogP) is 0.814. The molecular formula is C11H18N4O2S. The van der Waals surface area contributed by atoms with Crippen LogP contribution in [0.3, 0.4) is 0 Å². The van der Waals surface area contributed by atoms with Gasteiger partial charge in [0.15, 0.2) is 0 Å². The van der Waals surface area contributed by atoms with E-state index in [1.807, 2.05) is 6.26 Å². The molecule has 0 aliphatic heterocycles. The minimum Gasteiger partial charge on any atom is -0.480 e. The second-order valence-corrected chi connectivity index (χ2v) is 4.70. The summed E-state index contributed by atoms with van der Waals surface area (Å²) >= 11 is 1.64. The summed E-state index contributed by atoms with van der Waals surface area (Å²) in [5, 5.41) is 14.9. The van der Waals surface area contributed by atoms with E-state index in [4.69, 9.17) is 5.11 Å². The lowest BCUT2D eigenvalue weighted by molar-refractivity contribution is -0.139. The van der Waals surface area contributed by atoms with E-state index in [0.29, 0.717) is 18.9 Å². The Morgan fingerprint density at radius 2 is 2.17 bits per heavy atom. The van der Waals surface area contributed by atoms with E-state index in [-0.39, 0.29) is 0 Å². The average molecular weight is 270 g/mol. The Kier molecular flexibility index (Phi) is 6.45. The maximum Gasteiger partial charge on any atom is 0.320 e. The maximum absolute atomic E-state index is 11.0. The van der Waals surface area contributed by atoms with Gasteiger partial charge < -0.3 is 15.7 Å². The van der Waals surface area contributed by atoms with Crippen molar-refractivity contribution in [3.63, 3.8) is 0 Å². The minimum absolute atomic E-state index is 0.454. The number of carboxylic acid groups (broad SMARTS) is 1. The van der Waals surface area contributed by atoms with Crippen LogP contribution in [0.1, 0.15) is 12.0 Å². The Bertz CT molecular complexity index is 372. The monoisotopic (exact) mass is 270 g/mol. The highest BCUT2D eigenvalue weighted by Crippen LogP contribution is 2.04. The van der Waals surface area contributed by atoms with Crippen molar-refractivity contribution < 1.29 is 9.90 Å². The Morgan fingerprint density at radius 1 is 1.50 bits per heavy atom. The first-order valence-corrected chi connectivity index (χ1v) is 7.00. The lowest BCUT2D eigenvalue weighted by atomic mass is 10.2. The molecule has 1 aromatic rings. The number of hydrogen-bond donors (Lipinski definition) is 3. The van der Waals surface area contributed by atoms with Gasteiger partial charge in [-0.25, -0.2) is 9.97 Å². The van der Waals surface area contributed by atoms with Gasteiger partial charge >= 0.3 is 5.97 Å². The minimum atomic E-state index is -0.822. The summed E-state index contributed by atoms with van der Waals surface area (Å²) in [6.07, 6.45) is 5.92. The number of anilines is 1. The van der Waals surface area contributed by atoms with Crippen LogP contribution in [-0.2, 0) is 11.3 Å². The number of carbonyl (C=O) groups is 1. The smallest absolute Gasteiger partial charge is 0.320 e. The molecule has 0 bridgehead atoms. The molecule has 1 atom stereocenters. The number of hydrogen-bond acceptors (Lipinski definition) is 6. The zero-order chi connectivity index (χ0) is 13.4. The third kappa shape index (κ3) is 4.89. The standard InChI is InChI=1S/C11H18N4O2S/c1-12-11-14-6-8(7-15-11)5-13-9(10(16)17)3-4-18-2/h6-7,9,13H,3-5H2,1-2H3,(H,16,17)(H,12,14,15)/t9-/m1/s1. The number of aliphatic carboxylic acids is 1. The summed E-state index contributed by atoms with van der Waals surface area (Å²) in [6, 6.07) is -0.526. The summed E-state index contributed by atoms with van der Waals surface area (Å²) in [7, 11) is 1.75. The quantitative estimate of drug-likeness (QED) is 0.644. The summed E-state index contributed by atoms with van der Waals surface area (Å²) in [6.45, 7) is 0.454. The number of rotatable bonds is 8. The van der Waals surface area contributed by atoms with E-state index >= 15 is 0 Å². The van der Waals surface area contributed by atoms with Crippen molar-refractivity contribution in [3.05, 3.63) is 18.0 Å². The van der Waals surface area contributed by atoms with Gasteiger partial charge in [-0.15, -0.1) is 0 Å². The fourth-order valence-electron chi connectivity index (χ4n) is 1.36. The van der Waals surface area contributed by atoms with Gasteiger partial charge in [0, 0.05) is 31.5 Å². The maximum atomic E-state index is 11.0. The van der Waals surface area contributed by atoms with Crippen molar-refractivity contribution in [2.75, 3.05) is 24.4 Å². The first-order chi connectivity index (χ1) is 8.67. The molecule has 0 saturated heterocycles. The van der Waals surface area contributed by atoms with Crippen LogP contribution in [0.5, 0.6) is 0 Å². The molecular weight excluding hydrogens is 252 g/mol. The first kappa shape index (κ1) is 14.7. The fourth-order valence-corrected chi connectivity index (χ4v) is 1.84. The Labute approximate surface area is 111 Å². The normalized spacial score (nSPS) is 12.1. The van der Waals surface area contributed by atoms with Crippen LogP contribution in [0.2, 0.25) is 0 Å². The number of thioether (sulfide) groups is 1. The molecule has 0 aliphatic rings. The molecule has 0 aromatic carbocycles. The van der Waals surface area contributed by atoms with Crippen LogP contribution in [0.4, 0.5) is 5.95 Å². The van der Waals surface area contributed by atoms with Gasteiger partial charge in [0.1, 0.15) is 6.04 Å². The number of carboxylic acids is 1. The molecule has 0 unspecified atom stereocenters. The first-order valence-electron chi connectivity index (χ1n) is 5.61. The summed E-state index contributed by atoms with van der Waals surface area (Å²) < 4.78 is 0. The van der Waals surface area contributed by atoms with Crippen LogP contribution in [0.15, 0.2) is 12.4 Å². The zero-order valence-electron chi connectivity index (χ0n) is 10.5. The Hall–Kier alpha value is -1.34. The highest BCUT2D eigenvalue weighted by atomic mass is 32.2. The van der Waals surface area contributed by atoms with Crippen molar-refractivity contribution >= 4 is 23.7 Å². The molecule has 3 N–H and O–H groups in total. The van der Waals surface area contributed by atoms with E-state index in [1.54, 1.807) is 31.2 Å². The van der Waals surface area contributed by atoms with Crippen molar-refractivity contribution in [3.8, 4) is 0 Å². The van der Waals surface area contributed by atoms with Crippen molar-refractivity contribution in [2.24, 2.45) is 0 Å². The van der Waals surface area contributed by atoms with Gasteiger partial charge in [-0.3, -0.25) is 4.79 Å². The molecule has 0 spiro atoms. The predicted molar refractivity (Wildman–Crippen MR) is 72.8 cm³/mol. The topological polar surface area (TPSA) is 87.1 Å². The third-order valence-electron chi connectivity index (χ3n) is 2.39. The van der Waals surface area contributed by atoms with Gasteiger partial charge in [0.05, 0.1) is 0 Å². The van der Waals surface area contributed by atoms with Crippen molar-refractivity contribution in [1.29, 1.82) is 0 Å².